The van der Waals surface area contributed by atoms with Crippen molar-refractivity contribution in [2.24, 2.45) is 17.6 Å². The van der Waals surface area contributed by atoms with E-state index in [2.05, 4.69) is 31.0 Å². The number of likely N-dealkylation sites (tertiary alicyclic amines) is 1. The smallest absolute Gasteiger partial charge is 0.273 e. The zero-order valence-corrected chi connectivity index (χ0v) is 17.5. The van der Waals surface area contributed by atoms with Gasteiger partial charge in [-0.3, -0.25) is 9.59 Å². The zero-order valence-electron chi connectivity index (χ0n) is 16.7. The number of ketones is 1. The summed E-state index contributed by atoms with van der Waals surface area (Å²) in [5.74, 6) is 0.751. The lowest BCUT2D eigenvalue weighted by Gasteiger charge is -2.31. The predicted molar refractivity (Wildman–Crippen MR) is 113 cm³/mol. The predicted octanol–water partition coefficient (Wildman–Crippen LogP) is 3.58. The molecule has 1 saturated heterocycles. The number of piperidine rings is 1. The molecule has 150 valence electrons. The van der Waals surface area contributed by atoms with Crippen LogP contribution in [0.1, 0.15) is 58.1 Å². The summed E-state index contributed by atoms with van der Waals surface area (Å²) in [6, 6.07) is 8.03. The number of carbonyl (C=O) groups is 2. The SMILES string of the molecule is CC(C)Cc1ccc(C(=O)C2CCN(C(=O)c3csc(CCN)n3)CC2)cc1. The zero-order chi connectivity index (χ0) is 20.1. The Kier molecular flexibility index (Phi) is 6.97. The standard InChI is InChI=1S/C22H29N3O2S/c1-15(2)13-16-3-5-17(6-4-16)21(26)18-8-11-25(12-9-18)22(27)19-14-28-20(24-19)7-10-23/h3-6,14-15,18H,7-13,23H2,1-2H3. The van der Waals surface area contributed by atoms with Gasteiger partial charge in [-0.2, -0.15) is 0 Å². The van der Waals surface area contributed by atoms with E-state index < -0.39 is 0 Å². The molecule has 2 N–H and O–H groups in total. The molecule has 0 spiro atoms. The summed E-state index contributed by atoms with van der Waals surface area (Å²) in [4.78, 5) is 31.7. The van der Waals surface area contributed by atoms with E-state index in [0.717, 1.165) is 17.0 Å². The first-order valence-electron chi connectivity index (χ1n) is 10.0. The van der Waals surface area contributed by atoms with Crippen LogP contribution in [0, 0.1) is 11.8 Å². The van der Waals surface area contributed by atoms with E-state index >= 15 is 0 Å². The highest BCUT2D eigenvalue weighted by Crippen LogP contribution is 2.24. The second-order valence-corrected chi connectivity index (χ2v) is 8.83. The van der Waals surface area contributed by atoms with Gasteiger partial charge in [0.05, 0.1) is 5.01 Å². The number of hydrogen-bond acceptors (Lipinski definition) is 5. The van der Waals surface area contributed by atoms with E-state index in [-0.39, 0.29) is 17.6 Å². The molecule has 1 aliphatic rings. The largest absolute Gasteiger partial charge is 0.337 e. The number of aromatic nitrogens is 1. The highest BCUT2D eigenvalue weighted by atomic mass is 32.1. The van der Waals surface area contributed by atoms with Crippen molar-refractivity contribution in [2.45, 2.75) is 39.5 Å². The molecule has 1 aliphatic heterocycles. The van der Waals surface area contributed by atoms with Crippen molar-refractivity contribution in [3.63, 3.8) is 0 Å². The molecule has 0 atom stereocenters. The summed E-state index contributed by atoms with van der Waals surface area (Å²) in [6.45, 7) is 6.12. The van der Waals surface area contributed by atoms with Gasteiger partial charge in [0.2, 0.25) is 0 Å². The summed E-state index contributed by atoms with van der Waals surface area (Å²) in [5, 5.41) is 2.71. The van der Waals surface area contributed by atoms with Gasteiger partial charge in [0.25, 0.3) is 5.91 Å². The van der Waals surface area contributed by atoms with E-state index in [1.54, 1.807) is 0 Å². The second-order valence-electron chi connectivity index (χ2n) is 7.89. The minimum atomic E-state index is -0.0385. The fourth-order valence-electron chi connectivity index (χ4n) is 3.67. The number of benzene rings is 1. The molecule has 1 aromatic carbocycles. The van der Waals surface area contributed by atoms with E-state index in [9.17, 15) is 9.59 Å². The molecule has 0 aliphatic carbocycles. The van der Waals surface area contributed by atoms with Crippen LogP contribution in [0.3, 0.4) is 0 Å². The minimum Gasteiger partial charge on any atom is -0.337 e. The van der Waals surface area contributed by atoms with Crippen LogP contribution >= 0.6 is 11.3 Å². The molecule has 0 unspecified atom stereocenters. The van der Waals surface area contributed by atoms with E-state index in [1.807, 2.05) is 22.4 Å². The van der Waals surface area contributed by atoms with E-state index in [4.69, 9.17) is 5.73 Å². The molecule has 0 radical (unpaired) electrons. The molecule has 0 saturated carbocycles. The average Bonchev–Trinajstić information content (AvgIpc) is 3.16. The number of nitrogens with zero attached hydrogens (tertiary/aromatic N) is 2. The van der Waals surface area contributed by atoms with Crippen molar-refractivity contribution in [2.75, 3.05) is 19.6 Å². The third kappa shape index (κ3) is 5.06. The average molecular weight is 400 g/mol. The Hall–Kier alpha value is -2.05. The van der Waals surface area contributed by atoms with Gasteiger partial charge in [0.15, 0.2) is 5.78 Å². The lowest BCUT2D eigenvalue weighted by Crippen LogP contribution is -2.40. The van der Waals surface area contributed by atoms with E-state index in [1.165, 1.54) is 16.9 Å². The van der Waals surface area contributed by atoms with Crippen LogP contribution in [0.25, 0.3) is 0 Å². The molecule has 5 nitrogen and oxygen atoms in total. The molecule has 2 heterocycles. The normalized spacial score (nSPS) is 15.2. The maximum absolute atomic E-state index is 12.8. The van der Waals surface area contributed by atoms with Crippen molar-refractivity contribution < 1.29 is 9.59 Å². The van der Waals surface area contributed by atoms with Crippen LogP contribution in [-0.2, 0) is 12.8 Å². The molecular formula is C22H29N3O2S. The van der Waals surface area contributed by atoms with Gasteiger partial charge < -0.3 is 10.6 Å². The fourth-order valence-corrected chi connectivity index (χ4v) is 4.45. The molecule has 1 aromatic heterocycles. The molecule has 2 aromatic rings. The highest BCUT2D eigenvalue weighted by Gasteiger charge is 2.29. The minimum absolute atomic E-state index is 0.0109. The topological polar surface area (TPSA) is 76.3 Å². The quantitative estimate of drug-likeness (QED) is 0.722. The maximum Gasteiger partial charge on any atom is 0.273 e. The van der Waals surface area contributed by atoms with Gasteiger partial charge in [-0.05, 0) is 37.3 Å². The highest BCUT2D eigenvalue weighted by molar-refractivity contribution is 7.09. The third-order valence-corrected chi connectivity index (χ3v) is 6.07. The number of hydrogen-bond donors (Lipinski definition) is 1. The monoisotopic (exact) mass is 399 g/mol. The Labute approximate surface area is 171 Å². The van der Waals surface area contributed by atoms with Crippen LogP contribution in [0.15, 0.2) is 29.6 Å². The van der Waals surface area contributed by atoms with Gasteiger partial charge in [0, 0.05) is 36.4 Å². The second kappa shape index (κ2) is 9.43. The van der Waals surface area contributed by atoms with Crippen LogP contribution in [-0.4, -0.2) is 41.2 Å². The first-order chi connectivity index (χ1) is 13.5. The number of nitrogens with two attached hydrogens (primary N) is 1. The number of rotatable bonds is 7. The van der Waals surface area contributed by atoms with Gasteiger partial charge in [-0.15, -0.1) is 11.3 Å². The van der Waals surface area contributed by atoms with Gasteiger partial charge >= 0.3 is 0 Å². The Bertz CT molecular complexity index is 805. The molecule has 1 fully saturated rings. The van der Waals surface area contributed by atoms with Gasteiger partial charge in [0.1, 0.15) is 5.69 Å². The molecule has 0 bridgehead atoms. The van der Waals surface area contributed by atoms with Crippen LogP contribution in [0.4, 0.5) is 0 Å². The van der Waals surface area contributed by atoms with Crippen molar-refractivity contribution in [3.05, 3.63) is 51.5 Å². The number of thiazole rings is 1. The molecule has 28 heavy (non-hydrogen) atoms. The van der Waals surface area contributed by atoms with Gasteiger partial charge in [-0.25, -0.2) is 4.98 Å². The third-order valence-electron chi connectivity index (χ3n) is 5.16. The molecular weight excluding hydrogens is 370 g/mol. The number of Topliss-reactive ketones (excluding diaryl/α,β-unsaturated/α-hetero) is 1. The van der Waals surface area contributed by atoms with Gasteiger partial charge in [-0.1, -0.05) is 38.1 Å². The molecule has 3 rings (SSSR count). The molecule has 6 heteroatoms. The first kappa shape index (κ1) is 20.7. The first-order valence-corrected chi connectivity index (χ1v) is 10.9. The van der Waals surface area contributed by atoms with Crippen molar-refractivity contribution in [3.8, 4) is 0 Å². The lowest BCUT2D eigenvalue weighted by molar-refractivity contribution is 0.0646. The number of carbonyl (C=O) groups excluding carboxylic acids is 2. The summed E-state index contributed by atoms with van der Waals surface area (Å²) in [6.07, 6.45) is 3.14. The maximum atomic E-state index is 12.8. The Balaban J connectivity index is 1.55. The van der Waals surface area contributed by atoms with Crippen molar-refractivity contribution >= 4 is 23.0 Å². The fraction of sp³-hybridized carbons (Fsp3) is 0.500. The Morgan fingerprint density at radius 2 is 1.89 bits per heavy atom. The lowest BCUT2D eigenvalue weighted by atomic mass is 9.88. The van der Waals surface area contributed by atoms with Crippen molar-refractivity contribution in [1.82, 2.24) is 9.88 Å². The summed E-state index contributed by atoms with van der Waals surface area (Å²) >= 11 is 1.48. The summed E-state index contributed by atoms with van der Waals surface area (Å²) in [5.41, 5.74) is 8.10. The Morgan fingerprint density at radius 1 is 1.21 bits per heavy atom. The summed E-state index contributed by atoms with van der Waals surface area (Å²) < 4.78 is 0. The summed E-state index contributed by atoms with van der Waals surface area (Å²) in [7, 11) is 0. The number of amides is 1. The Morgan fingerprint density at radius 3 is 2.50 bits per heavy atom. The van der Waals surface area contributed by atoms with E-state index in [0.29, 0.717) is 50.5 Å². The van der Waals surface area contributed by atoms with Crippen LogP contribution < -0.4 is 5.73 Å². The van der Waals surface area contributed by atoms with Crippen LogP contribution in [0.2, 0.25) is 0 Å². The molecule has 1 amide bonds. The van der Waals surface area contributed by atoms with Crippen LogP contribution in [0.5, 0.6) is 0 Å². The van der Waals surface area contributed by atoms with Crippen molar-refractivity contribution in [1.29, 1.82) is 0 Å².